The minimum Gasteiger partial charge on any atom is -0.347 e. The SMILES string of the molecule is [2H]c1cnc2c(c1)CC1(CC2)OCCO1. The van der Waals surface area contributed by atoms with Gasteiger partial charge in [-0.3, -0.25) is 4.98 Å². The fraction of sp³-hybridized carbons (Fsp3) is 0.545. The van der Waals surface area contributed by atoms with Crippen molar-refractivity contribution in [3.05, 3.63) is 29.6 Å². The number of hydrogen-bond acceptors (Lipinski definition) is 3. The molecule has 3 nitrogen and oxygen atoms in total. The summed E-state index contributed by atoms with van der Waals surface area (Å²) in [5, 5.41) is 0. The van der Waals surface area contributed by atoms with Crippen molar-refractivity contribution in [2.45, 2.75) is 25.0 Å². The summed E-state index contributed by atoms with van der Waals surface area (Å²) in [5.41, 5.74) is 2.20. The van der Waals surface area contributed by atoms with E-state index >= 15 is 0 Å². The first-order valence-corrected chi connectivity index (χ1v) is 5.00. The summed E-state index contributed by atoms with van der Waals surface area (Å²) in [6, 6.07) is 2.33. The van der Waals surface area contributed by atoms with Gasteiger partial charge in [-0.25, -0.2) is 0 Å². The second-order valence-electron chi connectivity index (χ2n) is 3.83. The van der Waals surface area contributed by atoms with Crippen LogP contribution < -0.4 is 0 Å². The van der Waals surface area contributed by atoms with E-state index in [1.165, 1.54) is 0 Å². The molecule has 1 aliphatic heterocycles. The average Bonchev–Trinajstić information content (AvgIpc) is 2.66. The topological polar surface area (TPSA) is 31.4 Å². The van der Waals surface area contributed by atoms with E-state index in [0.717, 1.165) is 30.5 Å². The fourth-order valence-electron chi connectivity index (χ4n) is 2.23. The molecule has 1 aromatic heterocycles. The molecular formula is C11H13NO2. The molecule has 0 unspecified atom stereocenters. The molecule has 0 saturated carbocycles. The van der Waals surface area contributed by atoms with E-state index in [1.807, 2.05) is 6.07 Å². The van der Waals surface area contributed by atoms with Gasteiger partial charge in [0, 0.05) is 24.7 Å². The highest BCUT2D eigenvalue weighted by atomic mass is 16.7. The number of nitrogens with zero attached hydrogens (tertiary/aromatic N) is 1. The van der Waals surface area contributed by atoms with Crippen molar-refractivity contribution in [3.8, 4) is 0 Å². The zero-order valence-electron chi connectivity index (χ0n) is 8.95. The molecule has 0 N–H and O–H groups in total. The largest absolute Gasteiger partial charge is 0.347 e. The number of aromatic nitrogens is 1. The zero-order chi connectivity index (χ0) is 10.3. The third-order valence-electron chi connectivity index (χ3n) is 2.94. The Hall–Kier alpha value is -0.930. The van der Waals surface area contributed by atoms with E-state index in [2.05, 4.69) is 4.98 Å². The number of pyridine rings is 1. The second-order valence-corrected chi connectivity index (χ2v) is 3.83. The van der Waals surface area contributed by atoms with Gasteiger partial charge in [-0.2, -0.15) is 0 Å². The predicted octanol–water partition coefficient (Wildman–Crippen LogP) is 1.31. The van der Waals surface area contributed by atoms with Crippen LogP contribution in [0.25, 0.3) is 0 Å². The van der Waals surface area contributed by atoms with Crippen LogP contribution in [0.15, 0.2) is 18.3 Å². The molecule has 0 amide bonds. The molecule has 1 aromatic rings. The van der Waals surface area contributed by atoms with Crippen molar-refractivity contribution < 1.29 is 10.8 Å². The molecule has 74 valence electrons. The molecular weight excluding hydrogens is 178 g/mol. The van der Waals surface area contributed by atoms with Crippen LogP contribution in [0.1, 0.15) is 19.0 Å². The van der Waals surface area contributed by atoms with Gasteiger partial charge >= 0.3 is 0 Å². The number of fused-ring (bicyclic) bond motifs is 1. The Labute approximate surface area is 84.5 Å². The normalized spacial score (nSPS) is 24.7. The van der Waals surface area contributed by atoms with E-state index in [4.69, 9.17) is 10.8 Å². The predicted molar refractivity (Wildman–Crippen MR) is 50.9 cm³/mol. The van der Waals surface area contributed by atoms with Gasteiger partial charge in [0.25, 0.3) is 0 Å². The Morgan fingerprint density at radius 1 is 1.43 bits per heavy atom. The van der Waals surface area contributed by atoms with Gasteiger partial charge in [0.15, 0.2) is 5.79 Å². The fourth-order valence-corrected chi connectivity index (χ4v) is 2.23. The highest BCUT2D eigenvalue weighted by Crippen LogP contribution is 2.34. The van der Waals surface area contributed by atoms with E-state index in [9.17, 15) is 0 Å². The summed E-state index contributed by atoms with van der Waals surface area (Å²) >= 11 is 0. The summed E-state index contributed by atoms with van der Waals surface area (Å²) in [7, 11) is 0. The molecule has 1 fully saturated rings. The third kappa shape index (κ3) is 1.24. The van der Waals surface area contributed by atoms with Crippen molar-refractivity contribution in [2.24, 2.45) is 0 Å². The van der Waals surface area contributed by atoms with Crippen molar-refractivity contribution in [1.82, 2.24) is 4.98 Å². The summed E-state index contributed by atoms with van der Waals surface area (Å²) < 4.78 is 18.9. The monoisotopic (exact) mass is 192 g/mol. The van der Waals surface area contributed by atoms with Crippen molar-refractivity contribution in [3.63, 3.8) is 0 Å². The van der Waals surface area contributed by atoms with Gasteiger partial charge in [0.1, 0.15) is 0 Å². The van der Waals surface area contributed by atoms with Crippen LogP contribution in [0, 0.1) is 0 Å². The van der Waals surface area contributed by atoms with Crippen LogP contribution in [0.4, 0.5) is 0 Å². The van der Waals surface area contributed by atoms with E-state index < -0.39 is 5.79 Å². The first-order valence-electron chi connectivity index (χ1n) is 5.50. The first-order chi connectivity index (χ1) is 7.27. The standard InChI is InChI=1S/C11H13NO2/c1-2-9-8-11(13-6-7-14-11)4-3-10(9)12-5-1/h1-2,5H,3-4,6-8H2/i1D. The maximum absolute atomic E-state index is 7.55. The van der Waals surface area contributed by atoms with Gasteiger partial charge in [-0.15, -0.1) is 0 Å². The summed E-state index contributed by atoms with van der Waals surface area (Å²) in [6.07, 6.45) is 4.11. The first kappa shape index (κ1) is 7.37. The Morgan fingerprint density at radius 2 is 2.29 bits per heavy atom. The Morgan fingerprint density at radius 3 is 3.14 bits per heavy atom. The number of hydrogen-bond donors (Lipinski definition) is 0. The summed E-state index contributed by atoms with van der Waals surface area (Å²) in [6.45, 7) is 1.37. The quantitative estimate of drug-likeness (QED) is 0.621. The zero-order valence-corrected chi connectivity index (χ0v) is 7.95. The molecule has 0 aromatic carbocycles. The van der Waals surface area contributed by atoms with Gasteiger partial charge < -0.3 is 9.47 Å². The van der Waals surface area contributed by atoms with Gasteiger partial charge in [-0.05, 0) is 18.0 Å². The van der Waals surface area contributed by atoms with Crippen LogP contribution in [0.3, 0.4) is 0 Å². The van der Waals surface area contributed by atoms with Crippen molar-refractivity contribution in [1.29, 1.82) is 0 Å². The van der Waals surface area contributed by atoms with Crippen molar-refractivity contribution in [2.75, 3.05) is 13.2 Å². The van der Waals surface area contributed by atoms with E-state index in [0.29, 0.717) is 19.3 Å². The molecule has 3 rings (SSSR count). The lowest BCUT2D eigenvalue weighted by Crippen LogP contribution is -2.37. The van der Waals surface area contributed by atoms with Gasteiger partial charge in [0.2, 0.25) is 0 Å². The second kappa shape index (κ2) is 3.04. The van der Waals surface area contributed by atoms with E-state index in [-0.39, 0.29) is 0 Å². The van der Waals surface area contributed by atoms with Gasteiger partial charge in [0.05, 0.1) is 14.6 Å². The maximum Gasteiger partial charge on any atom is 0.172 e. The van der Waals surface area contributed by atoms with Crippen LogP contribution >= 0.6 is 0 Å². The number of ether oxygens (including phenoxy) is 2. The van der Waals surface area contributed by atoms with Crippen molar-refractivity contribution >= 4 is 0 Å². The van der Waals surface area contributed by atoms with Crippen LogP contribution in [0.5, 0.6) is 0 Å². The Bertz CT molecular complexity index is 388. The smallest absolute Gasteiger partial charge is 0.172 e. The van der Waals surface area contributed by atoms with Crippen LogP contribution in [-0.2, 0) is 22.3 Å². The molecule has 1 aliphatic carbocycles. The molecule has 1 spiro atoms. The van der Waals surface area contributed by atoms with E-state index in [1.54, 1.807) is 6.20 Å². The average molecular weight is 192 g/mol. The molecule has 0 radical (unpaired) electrons. The Balaban J connectivity index is 1.94. The number of rotatable bonds is 0. The highest BCUT2D eigenvalue weighted by molar-refractivity contribution is 5.24. The lowest BCUT2D eigenvalue weighted by Gasteiger charge is -2.32. The Kier molecular flexibility index (Phi) is 1.60. The third-order valence-corrected chi connectivity index (χ3v) is 2.94. The molecule has 0 atom stereocenters. The van der Waals surface area contributed by atoms with Gasteiger partial charge in [-0.1, -0.05) is 6.07 Å². The minimum atomic E-state index is -0.414. The lowest BCUT2D eigenvalue weighted by atomic mass is 9.91. The minimum absolute atomic E-state index is 0.414. The number of aryl methyl sites for hydroxylation is 1. The molecule has 1 saturated heterocycles. The molecule has 2 aliphatic rings. The highest BCUT2D eigenvalue weighted by Gasteiger charge is 2.39. The molecule has 0 bridgehead atoms. The van der Waals surface area contributed by atoms with Crippen LogP contribution in [0.2, 0.25) is 0 Å². The lowest BCUT2D eigenvalue weighted by molar-refractivity contribution is -0.164. The molecule has 2 heterocycles. The molecule has 14 heavy (non-hydrogen) atoms. The maximum atomic E-state index is 7.55. The summed E-state index contributed by atoms with van der Waals surface area (Å²) in [4.78, 5) is 4.27. The summed E-state index contributed by atoms with van der Waals surface area (Å²) in [5.74, 6) is -0.414. The molecule has 3 heteroatoms. The van der Waals surface area contributed by atoms with Crippen LogP contribution in [-0.4, -0.2) is 24.0 Å².